The van der Waals surface area contributed by atoms with Crippen molar-refractivity contribution in [2.75, 3.05) is 6.54 Å². The second kappa shape index (κ2) is 4.14. The van der Waals surface area contributed by atoms with Gasteiger partial charge in [-0.05, 0) is 34.7 Å². The van der Waals surface area contributed by atoms with Crippen molar-refractivity contribution in [3.05, 3.63) is 40.1 Å². The Bertz CT molecular complexity index is 396. The van der Waals surface area contributed by atoms with Gasteiger partial charge >= 0.3 is 0 Å². The molecular weight excluding hydrogens is 293 g/mol. The zero-order chi connectivity index (χ0) is 9.97. The molecule has 2 N–H and O–H groups in total. The molecule has 0 radical (unpaired) electrons. The molecule has 74 valence electrons. The molecule has 5 heteroatoms. The van der Waals surface area contributed by atoms with E-state index in [9.17, 15) is 0 Å². The Hall–Kier alpha value is -0.820. The number of hydrogen-bond donors (Lipinski definition) is 1. The van der Waals surface area contributed by atoms with Gasteiger partial charge in [0.15, 0.2) is 0 Å². The minimum Gasteiger partial charge on any atom is -0.467 e. The molecule has 1 atom stereocenters. The van der Waals surface area contributed by atoms with Gasteiger partial charge in [0.2, 0.25) is 0 Å². The predicted molar refractivity (Wildman–Crippen MR) is 60.8 cm³/mol. The van der Waals surface area contributed by atoms with Gasteiger partial charge in [0.05, 0.1) is 16.0 Å². The molecule has 0 aliphatic rings. The third kappa shape index (κ3) is 1.83. The van der Waals surface area contributed by atoms with Crippen LogP contribution in [-0.2, 0) is 0 Å². The first-order valence-electron chi connectivity index (χ1n) is 4.24. The highest BCUT2D eigenvalue weighted by Crippen LogP contribution is 2.17. The van der Waals surface area contributed by atoms with E-state index in [0.29, 0.717) is 6.54 Å². The quantitative estimate of drug-likeness (QED) is 0.877. The molecule has 0 amide bonds. The molecule has 2 rings (SSSR count). The van der Waals surface area contributed by atoms with Gasteiger partial charge in [-0.25, -0.2) is 0 Å². The fourth-order valence-corrected chi connectivity index (χ4v) is 1.73. The van der Waals surface area contributed by atoms with Gasteiger partial charge in [-0.15, -0.1) is 0 Å². The lowest BCUT2D eigenvalue weighted by Crippen LogP contribution is -2.20. The third-order valence-corrected chi connectivity index (χ3v) is 2.54. The molecule has 0 saturated carbocycles. The van der Waals surface area contributed by atoms with Crippen LogP contribution in [0.5, 0.6) is 0 Å². The lowest BCUT2D eigenvalue weighted by molar-refractivity contribution is 0.410. The van der Waals surface area contributed by atoms with E-state index in [1.165, 1.54) is 0 Å². The van der Waals surface area contributed by atoms with Crippen molar-refractivity contribution >= 4 is 22.6 Å². The zero-order valence-electron chi connectivity index (χ0n) is 7.43. The molecule has 14 heavy (non-hydrogen) atoms. The van der Waals surface area contributed by atoms with Crippen molar-refractivity contribution in [2.45, 2.75) is 6.04 Å². The van der Waals surface area contributed by atoms with Crippen LogP contribution in [0.25, 0.3) is 0 Å². The van der Waals surface area contributed by atoms with E-state index < -0.39 is 0 Å². The maximum atomic E-state index is 5.68. The van der Waals surface area contributed by atoms with Crippen LogP contribution in [0.2, 0.25) is 0 Å². The maximum Gasteiger partial charge on any atom is 0.129 e. The number of halogens is 1. The van der Waals surface area contributed by atoms with Crippen LogP contribution in [0.1, 0.15) is 11.8 Å². The van der Waals surface area contributed by atoms with Crippen LogP contribution in [0.4, 0.5) is 0 Å². The topological polar surface area (TPSA) is 57.0 Å². The second-order valence-electron chi connectivity index (χ2n) is 2.91. The Labute approximate surface area is 95.2 Å². The Morgan fingerprint density at radius 2 is 2.50 bits per heavy atom. The summed E-state index contributed by atoms with van der Waals surface area (Å²) in [5.74, 6) is 0.840. The van der Waals surface area contributed by atoms with E-state index in [0.717, 1.165) is 9.33 Å². The molecule has 0 spiro atoms. The summed E-state index contributed by atoms with van der Waals surface area (Å²) in [6.07, 6.45) is 5.39. The summed E-state index contributed by atoms with van der Waals surface area (Å²) in [5, 5.41) is 4.21. The average Bonchev–Trinajstić information content (AvgIpc) is 2.79. The largest absolute Gasteiger partial charge is 0.467 e. The summed E-state index contributed by atoms with van der Waals surface area (Å²) in [6, 6.07) is 3.76. The Morgan fingerprint density at radius 1 is 1.64 bits per heavy atom. The maximum absolute atomic E-state index is 5.68. The van der Waals surface area contributed by atoms with Crippen LogP contribution in [0.3, 0.4) is 0 Å². The summed E-state index contributed by atoms with van der Waals surface area (Å²) >= 11 is 2.21. The molecular formula is C9H10IN3O. The van der Waals surface area contributed by atoms with Crippen LogP contribution < -0.4 is 5.73 Å². The van der Waals surface area contributed by atoms with Crippen LogP contribution in [0, 0.1) is 3.57 Å². The summed E-state index contributed by atoms with van der Waals surface area (Å²) in [6.45, 7) is 0.477. The number of furan rings is 1. The van der Waals surface area contributed by atoms with E-state index in [1.807, 2.05) is 23.0 Å². The summed E-state index contributed by atoms with van der Waals surface area (Å²) in [5.41, 5.74) is 5.68. The van der Waals surface area contributed by atoms with E-state index in [2.05, 4.69) is 27.7 Å². The van der Waals surface area contributed by atoms with Crippen LogP contribution >= 0.6 is 22.6 Å². The van der Waals surface area contributed by atoms with Gasteiger partial charge in [0.25, 0.3) is 0 Å². The molecule has 2 heterocycles. The number of hydrogen-bond acceptors (Lipinski definition) is 3. The Balaban J connectivity index is 2.31. The predicted octanol–water partition coefficient (Wildman–Crippen LogP) is 1.63. The highest BCUT2D eigenvalue weighted by molar-refractivity contribution is 14.1. The molecule has 2 aromatic heterocycles. The van der Waals surface area contributed by atoms with Gasteiger partial charge < -0.3 is 10.2 Å². The lowest BCUT2D eigenvalue weighted by atomic mass is 10.2. The molecule has 0 bridgehead atoms. The molecule has 0 fully saturated rings. The van der Waals surface area contributed by atoms with Crippen molar-refractivity contribution in [1.82, 2.24) is 9.78 Å². The Kier molecular flexibility index (Phi) is 2.87. The normalized spacial score (nSPS) is 13.0. The minimum absolute atomic E-state index is 0.00600. The molecule has 0 aliphatic carbocycles. The fraction of sp³-hybridized carbons (Fsp3) is 0.222. The number of nitrogens with two attached hydrogens (primary N) is 1. The summed E-state index contributed by atoms with van der Waals surface area (Å²) < 4.78 is 8.22. The number of rotatable bonds is 3. The summed E-state index contributed by atoms with van der Waals surface area (Å²) in [4.78, 5) is 0. The van der Waals surface area contributed by atoms with Crippen molar-refractivity contribution in [1.29, 1.82) is 0 Å². The molecule has 0 aromatic carbocycles. The molecule has 0 aliphatic heterocycles. The molecule has 0 saturated heterocycles. The van der Waals surface area contributed by atoms with E-state index in [1.54, 1.807) is 12.5 Å². The fourth-order valence-electron chi connectivity index (χ4n) is 1.32. The van der Waals surface area contributed by atoms with Crippen molar-refractivity contribution in [3.8, 4) is 0 Å². The third-order valence-electron chi connectivity index (χ3n) is 1.98. The second-order valence-corrected chi connectivity index (χ2v) is 4.15. The van der Waals surface area contributed by atoms with Gasteiger partial charge in [-0.1, -0.05) is 0 Å². The van der Waals surface area contributed by atoms with Crippen molar-refractivity contribution < 1.29 is 4.42 Å². The van der Waals surface area contributed by atoms with E-state index >= 15 is 0 Å². The smallest absolute Gasteiger partial charge is 0.129 e. The highest BCUT2D eigenvalue weighted by atomic mass is 127. The standard InChI is InChI=1S/C9H10IN3O/c10-7-5-12-13(6-7)8(4-11)9-2-1-3-14-9/h1-3,5-6,8H,4,11H2. The minimum atomic E-state index is -0.00600. The van der Waals surface area contributed by atoms with Gasteiger partial charge in [0.1, 0.15) is 11.8 Å². The first-order valence-corrected chi connectivity index (χ1v) is 5.32. The van der Waals surface area contributed by atoms with Gasteiger partial charge in [0, 0.05) is 12.7 Å². The van der Waals surface area contributed by atoms with Crippen LogP contribution in [-0.4, -0.2) is 16.3 Å². The van der Waals surface area contributed by atoms with Gasteiger partial charge in [-0.3, -0.25) is 4.68 Å². The number of nitrogens with zero attached hydrogens (tertiary/aromatic N) is 2. The van der Waals surface area contributed by atoms with Gasteiger partial charge in [-0.2, -0.15) is 5.10 Å². The van der Waals surface area contributed by atoms with Crippen molar-refractivity contribution in [2.24, 2.45) is 5.73 Å². The van der Waals surface area contributed by atoms with E-state index in [-0.39, 0.29) is 6.04 Å². The first kappa shape index (κ1) is 9.72. The lowest BCUT2D eigenvalue weighted by Gasteiger charge is -2.11. The monoisotopic (exact) mass is 303 g/mol. The highest BCUT2D eigenvalue weighted by Gasteiger charge is 2.15. The molecule has 1 unspecified atom stereocenters. The molecule has 4 nitrogen and oxygen atoms in total. The first-order chi connectivity index (χ1) is 6.81. The SMILES string of the molecule is NCC(c1ccco1)n1cc(I)cn1. The molecule has 2 aromatic rings. The Morgan fingerprint density at radius 3 is 3.00 bits per heavy atom. The summed E-state index contributed by atoms with van der Waals surface area (Å²) in [7, 11) is 0. The van der Waals surface area contributed by atoms with Crippen molar-refractivity contribution in [3.63, 3.8) is 0 Å². The average molecular weight is 303 g/mol. The van der Waals surface area contributed by atoms with E-state index in [4.69, 9.17) is 10.2 Å². The zero-order valence-corrected chi connectivity index (χ0v) is 9.59. The van der Waals surface area contributed by atoms with Crippen LogP contribution in [0.15, 0.2) is 35.2 Å². The number of aromatic nitrogens is 2.